The van der Waals surface area contributed by atoms with Gasteiger partial charge in [-0.3, -0.25) is 9.97 Å². The number of aryl methyl sites for hydroxylation is 4. The molecular formula is C20H28ClKN3OS4-. The van der Waals surface area contributed by atoms with Crippen LogP contribution in [-0.4, -0.2) is 26.3 Å². The average molecular weight is 529 g/mol. The number of nitrogens with two attached hydrogens (primary N) is 1. The molecule has 0 bridgehead atoms. The maximum absolute atomic E-state index is 5.75. The van der Waals surface area contributed by atoms with Crippen LogP contribution in [0.3, 0.4) is 0 Å². The van der Waals surface area contributed by atoms with Crippen LogP contribution in [0.15, 0.2) is 17.0 Å². The fraction of sp³-hybridized carbons (Fsp3) is 0.400. The van der Waals surface area contributed by atoms with E-state index in [2.05, 4.69) is 45.5 Å². The molecule has 0 amide bonds. The summed E-state index contributed by atoms with van der Waals surface area (Å²) in [6.07, 6.45) is 0.925. The molecule has 0 saturated heterocycles. The van der Waals surface area contributed by atoms with Crippen LogP contribution in [0.2, 0.25) is 5.02 Å². The Morgan fingerprint density at radius 2 is 1.70 bits per heavy atom. The third-order valence-corrected chi connectivity index (χ3v) is 5.27. The van der Waals surface area contributed by atoms with Gasteiger partial charge in [0.1, 0.15) is 0 Å². The molecule has 2 N–H and O–H groups in total. The van der Waals surface area contributed by atoms with Crippen molar-refractivity contribution >= 4 is 76.7 Å². The molecule has 0 spiro atoms. The molecule has 0 radical (unpaired) electrons. The van der Waals surface area contributed by atoms with Crippen LogP contribution < -0.4 is 57.1 Å². The average Bonchev–Trinajstić information content (AvgIpc) is 2.95. The molecule has 4 nitrogen and oxygen atoms in total. The molecule has 0 unspecified atom stereocenters. The van der Waals surface area contributed by atoms with Gasteiger partial charge in [0.15, 0.2) is 0 Å². The van der Waals surface area contributed by atoms with Gasteiger partial charge >= 0.3 is 51.4 Å². The second-order valence-corrected chi connectivity index (χ2v) is 8.20. The van der Waals surface area contributed by atoms with Crippen LogP contribution in [0, 0.1) is 27.7 Å². The van der Waals surface area contributed by atoms with Gasteiger partial charge in [-0.2, -0.15) is 0 Å². The molecule has 2 aromatic heterocycles. The minimum atomic E-state index is 0. The van der Waals surface area contributed by atoms with Gasteiger partial charge in [-0.15, -0.1) is 0 Å². The zero-order chi connectivity index (χ0) is 20.6. The van der Waals surface area contributed by atoms with Gasteiger partial charge in [0.05, 0.1) is 20.6 Å². The van der Waals surface area contributed by atoms with E-state index in [0.717, 1.165) is 33.4 Å². The quantitative estimate of drug-likeness (QED) is 0.210. The number of hydrogen-bond acceptors (Lipinski definition) is 8. The van der Waals surface area contributed by atoms with E-state index in [0.29, 0.717) is 17.3 Å². The summed E-state index contributed by atoms with van der Waals surface area (Å²) < 4.78 is 5.47. The van der Waals surface area contributed by atoms with Gasteiger partial charge in [0.25, 0.3) is 0 Å². The Hall–Kier alpha value is 0.706. The van der Waals surface area contributed by atoms with E-state index in [4.69, 9.17) is 29.6 Å². The molecule has 0 aliphatic carbocycles. The number of aromatic nitrogens is 2. The van der Waals surface area contributed by atoms with Crippen molar-refractivity contribution in [2.24, 2.45) is 0 Å². The smallest absolute Gasteiger partial charge is 0.813 e. The molecule has 1 aliphatic heterocycles. The number of rotatable bonds is 2. The van der Waals surface area contributed by atoms with Crippen molar-refractivity contribution in [2.75, 3.05) is 12.3 Å². The summed E-state index contributed by atoms with van der Waals surface area (Å²) in [5, 5.41) is 0.588. The van der Waals surface area contributed by atoms with Crippen molar-refractivity contribution in [3.63, 3.8) is 0 Å². The van der Waals surface area contributed by atoms with Crippen molar-refractivity contribution in [3.8, 4) is 0 Å². The molecular weight excluding hydrogens is 501 g/mol. The van der Waals surface area contributed by atoms with Crippen LogP contribution in [0.25, 0.3) is 0 Å². The first-order chi connectivity index (χ1) is 12.7. The van der Waals surface area contributed by atoms with Crippen molar-refractivity contribution in [1.29, 1.82) is 0 Å². The third kappa shape index (κ3) is 12.1. The minimum Gasteiger partial charge on any atom is -0.813 e. The monoisotopic (exact) mass is 528 g/mol. The number of ether oxygens (including phenoxy) is 1. The second-order valence-electron chi connectivity index (χ2n) is 5.74. The molecule has 10 heteroatoms. The van der Waals surface area contributed by atoms with Crippen LogP contribution >= 0.6 is 47.8 Å². The van der Waals surface area contributed by atoms with Crippen molar-refractivity contribution in [1.82, 2.24) is 9.97 Å². The number of nitrogen functional groups attached to an aromatic ring is 1. The van der Waals surface area contributed by atoms with Gasteiger partial charge in [0, 0.05) is 35.0 Å². The van der Waals surface area contributed by atoms with Crippen molar-refractivity contribution < 1.29 is 56.1 Å². The molecule has 1 aliphatic rings. The van der Waals surface area contributed by atoms with Gasteiger partial charge in [-0.05, 0) is 52.3 Å². The zero-order valence-electron chi connectivity index (χ0n) is 17.5. The van der Waals surface area contributed by atoms with Crippen LogP contribution in [-0.2, 0) is 24.7 Å². The molecule has 0 fully saturated rings. The number of hydrogen-bond donors (Lipinski definition) is 1. The van der Waals surface area contributed by atoms with E-state index in [1.54, 1.807) is 17.8 Å². The fourth-order valence-corrected chi connectivity index (χ4v) is 4.14. The van der Waals surface area contributed by atoms with E-state index in [-0.39, 0.29) is 72.3 Å². The molecule has 3 heterocycles. The van der Waals surface area contributed by atoms with Crippen LogP contribution in [0.4, 0.5) is 5.69 Å². The first kappa shape index (κ1) is 35.3. The van der Waals surface area contributed by atoms with Crippen LogP contribution in [0.1, 0.15) is 42.7 Å². The maximum atomic E-state index is 5.75. The Labute approximate surface area is 250 Å². The number of fused-ring (bicyclic) bond motifs is 1. The second kappa shape index (κ2) is 18.2. The van der Waals surface area contributed by atoms with E-state index < -0.39 is 0 Å². The molecule has 0 atom stereocenters. The van der Waals surface area contributed by atoms with E-state index >= 15 is 0 Å². The summed E-state index contributed by atoms with van der Waals surface area (Å²) >= 11 is 16.8. The van der Waals surface area contributed by atoms with Gasteiger partial charge in [-0.25, -0.2) is 5.55 Å². The predicted octanol–water partition coefficient (Wildman–Crippen LogP) is 2.84. The first-order valence-electron chi connectivity index (χ1n) is 8.25. The maximum Gasteiger partial charge on any atom is 1.00 e. The largest absolute Gasteiger partial charge is 1.00 e. The number of thioether (sulfide) groups is 1. The SMILES string of the molecule is C.CCO[C-]=S.Cc1cc(Cl)c(N)c(C)n1.Cc1cc2c(c(C)n1)CC(=S)S2.[K+].[SH-]. The molecule has 0 aromatic carbocycles. The number of halogens is 1. The fourth-order valence-electron chi connectivity index (χ4n) is 2.28. The summed E-state index contributed by atoms with van der Waals surface area (Å²) in [6.45, 7) is 10.3. The third-order valence-electron chi connectivity index (χ3n) is 3.49. The van der Waals surface area contributed by atoms with E-state index in [1.807, 2.05) is 27.7 Å². The van der Waals surface area contributed by atoms with Crippen molar-refractivity contribution in [3.05, 3.63) is 45.5 Å². The van der Waals surface area contributed by atoms with E-state index in [9.17, 15) is 0 Å². The Morgan fingerprint density at radius 3 is 2.17 bits per heavy atom. The van der Waals surface area contributed by atoms with E-state index in [1.165, 1.54) is 10.5 Å². The summed E-state index contributed by atoms with van der Waals surface area (Å²) in [5.74, 6) is 0. The Balaban J connectivity index is -0.000000373. The molecule has 0 saturated carbocycles. The van der Waals surface area contributed by atoms with Crippen LogP contribution in [0.5, 0.6) is 0 Å². The number of thiocarbonyl (C=S) groups is 2. The predicted molar refractivity (Wildman–Crippen MR) is 139 cm³/mol. The molecule has 2 aromatic rings. The summed E-state index contributed by atoms with van der Waals surface area (Å²) in [6, 6.07) is 3.87. The Bertz CT molecular complexity index is 815. The van der Waals surface area contributed by atoms with Crippen molar-refractivity contribution in [2.45, 2.75) is 53.4 Å². The number of pyridine rings is 2. The topological polar surface area (TPSA) is 61.0 Å². The summed E-state index contributed by atoms with van der Waals surface area (Å²) in [4.78, 5) is 9.84. The molecule has 3 rings (SSSR count). The Kier molecular flexibility index (Phi) is 21.4. The first-order valence-corrected chi connectivity index (χ1v) is 10.3. The normalized spacial score (nSPS) is 10.4. The summed E-state index contributed by atoms with van der Waals surface area (Å²) in [5.41, 5.74) is 13.5. The van der Waals surface area contributed by atoms with Gasteiger partial charge in [0.2, 0.25) is 0 Å². The zero-order valence-corrected chi connectivity index (χ0v) is 24.7. The minimum absolute atomic E-state index is 0. The number of nitrogens with zero attached hydrogens (tertiary/aromatic N) is 2. The van der Waals surface area contributed by atoms with Gasteiger partial charge in [-0.1, -0.05) is 43.0 Å². The Morgan fingerprint density at radius 1 is 1.17 bits per heavy atom. The number of thiol groups is 1. The summed E-state index contributed by atoms with van der Waals surface area (Å²) in [7, 11) is 0. The standard InChI is InChI=1S/C9H9NS2.C7H9ClN2.C3H5OS.CH4.K.H2S/c1-5-3-8-7(6(2)10-5)4-9(11)12-8;1-4-3-6(8)7(9)5(2)10-4;1-2-4-3-5;;;/h3H,4H2,1-2H3;3H,9H2,1-2H3;2H2,1H3;1H4;;1H2/q;;-1;;+1;/p-1. The van der Waals surface area contributed by atoms with Gasteiger partial charge < -0.3 is 36.2 Å². The number of anilines is 1. The molecule has 30 heavy (non-hydrogen) atoms. The molecule has 162 valence electrons.